The summed E-state index contributed by atoms with van der Waals surface area (Å²) < 4.78 is 5.03. The van der Waals surface area contributed by atoms with Crippen molar-refractivity contribution in [3.8, 4) is 0 Å². The molecule has 0 saturated heterocycles. The Morgan fingerprint density at radius 2 is 2.33 bits per heavy atom. The Morgan fingerprint density at radius 1 is 1.50 bits per heavy atom. The maximum absolute atomic E-state index is 10.3. The van der Waals surface area contributed by atoms with Gasteiger partial charge in [0.25, 0.3) is 0 Å². The SMILES string of the molecule is O=[N+]([O-])c1ccc2ocbc2c1. The molecular weight excluding hydrogens is 157 g/mol. The van der Waals surface area contributed by atoms with Gasteiger partial charge in [-0.3, -0.25) is 0 Å². The van der Waals surface area contributed by atoms with Crippen LogP contribution in [0.15, 0.2) is 28.8 Å². The molecule has 0 bridgehead atoms. The maximum atomic E-state index is 10.3. The first-order chi connectivity index (χ1) is 5.77. The molecule has 0 unspecified atom stereocenters. The summed E-state index contributed by atoms with van der Waals surface area (Å²) in [6, 6.07) is 4.50. The van der Waals surface area contributed by atoms with E-state index in [2.05, 4.69) is 0 Å². The number of nitro groups is 1. The summed E-state index contributed by atoms with van der Waals surface area (Å²) in [5.74, 6) is 0. The molecule has 5 heteroatoms. The van der Waals surface area contributed by atoms with Crippen LogP contribution >= 0.6 is 0 Å². The molecule has 0 aliphatic carbocycles. The van der Waals surface area contributed by atoms with Crippen molar-refractivity contribution in [3.05, 3.63) is 34.5 Å². The Labute approximate surface area is 68.2 Å². The molecule has 1 heterocycles. The van der Waals surface area contributed by atoms with E-state index in [0.29, 0.717) is 5.58 Å². The number of hydrogen-bond acceptors (Lipinski definition) is 3. The van der Waals surface area contributed by atoms with Gasteiger partial charge < -0.3 is 0 Å². The molecule has 2 rings (SSSR count). The summed E-state index contributed by atoms with van der Waals surface area (Å²) in [5.41, 5.74) is 0.754. The van der Waals surface area contributed by atoms with E-state index in [1.54, 1.807) is 13.0 Å². The van der Waals surface area contributed by atoms with Gasteiger partial charge in [-0.2, -0.15) is 0 Å². The molecule has 0 aliphatic rings. The van der Waals surface area contributed by atoms with Gasteiger partial charge in [-0.15, -0.1) is 0 Å². The molecule has 0 atom stereocenters. The molecule has 4 nitrogen and oxygen atoms in total. The van der Waals surface area contributed by atoms with Gasteiger partial charge in [0.2, 0.25) is 0 Å². The average Bonchev–Trinajstić information content (AvgIpc) is 2.49. The van der Waals surface area contributed by atoms with Crippen molar-refractivity contribution in [3.63, 3.8) is 0 Å². The van der Waals surface area contributed by atoms with Crippen LogP contribution in [0.5, 0.6) is 0 Å². The summed E-state index contributed by atoms with van der Waals surface area (Å²) in [5, 5.41) is 11.1. The monoisotopic (exact) mass is 161 g/mol. The van der Waals surface area contributed by atoms with Crippen molar-refractivity contribution in [2.45, 2.75) is 0 Å². The quantitative estimate of drug-likeness (QED) is 0.472. The van der Waals surface area contributed by atoms with Crippen LogP contribution in [-0.4, -0.2) is 11.8 Å². The molecule has 0 spiro atoms. The van der Waals surface area contributed by atoms with E-state index in [4.69, 9.17) is 4.42 Å². The van der Waals surface area contributed by atoms with Gasteiger partial charge in [0.15, 0.2) is 0 Å². The summed E-state index contributed by atoms with van der Waals surface area (Å²) in [6.07, 6.45) is 1.51. The van der Waals surface area contributed by atoms with Crippen LogP contribution in [0.4, 0.5) is 5.69 Å². The second-order valence-electron chi connectivity index (χ2n) is 2.40. The molecule has 1 aromatic carbocycles. The Kier molecular flexibility index (Phi) is 1.43. The third kappa shape index (κ3) is 0.991. The molecule has 0 radical (unpaired) electrons. The van der Waals surface area contributed by atoms with Crippen LogP contribution in [-0.2, 0) is 0 Å². The first kappa shape index (κ1) is 7.03. The summed E-state index contributed by atoms with van der Waals surface area (Å²) >= 11 is 0. The van der Waals surface area contributed by atoms with E-state index < -0.39 is 4.92 Å². The van der Waals surface area contributed by atoms with Crippen LogP contribution in [0.3, 0.4) is 0 Å². The number of fused-ring (bicyclic) bond motifs is 1. The molecule has 0 fully saturated rings. The predicted molar refractivity (Wildman–Crippen MR) is 44.2 cm³/mol. The standard InChI is InChI=1S/C7H4BNO3/c10-9(11)5-1-2-7-6(3-5)8-4-12-7/h1-4H. The number of nitro benzene ring substituents is 1. The molecule has 2 aromatic rings. The van der Waals surface area contributed by atoms with Gasteiger partial charge in [-0.1, -0.05) is 0 Å². The number of benzene rings is 1. The van der Waals surface area contributed by atoms with Gasteiger partial charge in [-0.25, -0.2) is 0 Å². The Bertz CT molecular complexity index is 437. The van der Waals surface area contributed by atoms with Crippen molar-refractivity contribution in [2.75, 3.05) is 0 Å². The minimum absolute atomic E-state index is 0.0869. The zero-order valence-corrected chi connectivity index (χ0v) is 6.06. The first-order valence-corrected chi connectivity index (χ1v) is 3.39. The zero-order chi connectivity index (χ0) is 8.55. The molecule has 0 amide bonds. The normalized spacial score (nSPS) is 10.0. The fourth-order valence-corrected chi connectivity index (χ4v) is 1.07. The van der Waals surface area contributed by atoms with Gasteiger partial charge in [0, 0.05) is 0 Å². The predicted octanol–water partition coefficient (Wildman–Crippen LogP) is 1.68. The van der Waals surface area contributed by atoms with Gasteiger partial charge in [0.1, 0.15) is 0 Å². The molecule has 0 saturated carbocycles. The van der Waals surface area contributed by atoms with E-state index in [1.807, 2.05) is 0 Å². The van der Waals surface area contributed by atoms with E-state index in [9.17, 15) is 10.1 Å². The van der Waals surface area contributed by atoms with E-state index in [0.717, 1.165) is 5.28 Å². The number of rotatable bonds is 1. The summed E-state index contributed by atoms with van der Waals surface area (Å²) in [4.78, 5) is 9.92. The van der Waals surface area contributed by atoms with E-state index in [1.165, 1.54) is 18.3 Å². The van der Waals surface area contributed by atoms with Gasteiger partial charge in [0.05, 0.1) is 0 Å². The number of non-ortho nitro benzene ring substituents is 1. The van der Waals surface area contributed by atoms with Crippen molar-refractivity contribution in [2.24, 2.45) is 0 Å². The van der Waals surface area contributed by atoms with E-state index >= 15 is 0 Å². The Hall–Kier alpha value is -1.65. The molecule has 0 aliphatic heterocycles. The molecule has 1 aromatic heterocycles. The van der Waals surface area contributed by atoms with Crippen molar-refractivity contribution in [1.82, 2.24) is 0 Å². The number of nitrogens with zero attached hydrogens (tertiary/aromatic N) is 1. The number of hydrogen-bond donors (Lipinski definition) is 0. The fraction of sp³-hybridized carbons (Fsp3) is 0. The summed E-state index contributed by atoms with van der Waals surface area (Å²) in [6.45, 7) is 1.70. The van der Waals surface area contributed by atoms with Crippen LogP contribution in [0, 0.1) is 10.1 Å². The topological polar surface area (TPSA) is 56.3 Å². The van der Waals surface area contributed by atoms with Crippen molar-refractivity contribution < 1.29 is 9.34 Å². The minimum atomic E-state index is -0.424. The zero-order valence-electron chi connectivity index (χ0n) is 6.06. The first-order valence-electron chi connectivity index (χ1n) is 3.39. The van der Waals surface area contributed by atoms with E-state index in [-0.39, 0.29) is 5.69 Å². The Morgan fingerprint density at radius 3 is 3.08 bits per heavy atom. The second-order valence-corrected chi connectivity index (χ2v) is 2.40. The summed E-state index contributed by atoms with van der Waals surface area (Å²) in [7, 11) is 0. The van der Waals surface area contributed by atoms with Gasteiger partial charge in [-0.05, 0) is 0 Å². The van der Waals surface area contributed by atoms with Crippen LogP contribution in [0.1, 0.15) is 0 Å². The average molecular weight is 161 g/mol. The van der Waals surface area contributed by atoms with Crippen molar-refractivity contribution in [1.29, 1.82) is 0 Å². The molecule has 58 valence electrons. The van der Waals surface area contributed by atoms with Crippen LogP contribution in [0.25, 0.3) is 10.9 Å². The molecule has 12 heavy (non-hydrogen) atoms. The Balaban J connectivity index is 2.68. The fourth-order valence-electron chi connectivity index (χ4n) is 1.07. The van der Waals surface area contributed by atoms with Gasteiger partial charge >= 0.3 is 67.3 Å². The molecule has 0 N–H and O–H groups in total. The second kappa shape index (κ2) is 2.44. The molecular formula is C7H4BNO3. The van der Waals surface area contributed by atoms with Crippen molar-refractivity contribution >= 4 is 23.5 Å². The van der Waals surface area contributed by atoms with Crippen LogP contribution in [0.2, 0.25) is 0 Å². The van der Waals surface area contributed by atoms with Crippen LogP contribution < -0.4 is 0 Å². The third-order valence-electron chi connectivity index (χ3n) is 1.65. The third-order valence-corrected chi connectivity index (χ3v) is 1.65.